The van der Waals surface area contributed by atoms with Gasteiger partial charge in [-0.1, -0.05) is 18.2 Å². The zero-order valence-electron chi connectivity index (χ0n) is 11.3. The number of methoxy groups -OCH3 is 1. The second kappa shape index (κ2) is 5.57. The second-order valence-electron chi connectivity index (χ2n) is 5.27. The van der Waals surface area contributed by atoms with Crippen molar-refractivity contribution in [3.63, 3.8) is 0 Å². The molecule has 98 valence electrons. The summed E-state index contributed by atoms with van der Waals surface area (Å²) in [5, 5.41) is 10.6. The Kier molecular flexibility index (Phi) is 4.07. The van der Waals surface area contributed by atoms with Gasteiger partial charge in [-0.3, -0.25) is 0 Å². The van der Waals surface area contributed by atoms with Crippen molar-refractivity contribution >= 4 is 0 Å². The molecule has 0 amide bonds. The van der Waals surface area contributed by atoms with Crippen molar-refractivity contribution < 1.29 is 9.84 Å². The van der Waals surface area contributed by atoms with Gasteiger partial charge in [-0.25, -0.2) is 0 Å². The van der Waals surface area contributed by atoms with Gasteiger partial charge in [0.25, 0.3) is 0 Å². The highest BCUT2D eigenvalue weighted by Crippen LogP contribution is 2.30. The quantitative estimate of drug-likeness (QED) is 0.824. The molecule has 2 rings (SSSR count). The molecule has 2 nitrogen and oxygen atoms in total. The number of hydrogen-bond donors (Lipinski definition) is 1. The summed E-state index contributed by atoms with van der Waals surface area (Å²) in [5.41, 5.74) is 1.63. The van der Waals surface area contributed by atoms with Gasteiger partial charge in [0, 0.05) is 6.42 Å². The van der Waals surface area contributed by atoms with E-state index in [1.54, 1.807) is 7.11 Å². The molecule has 1 aromatic rings. The van der Waals surface area contributed by atoms with E-state index in [1.807, 2.05) is 31.2 Å². The number of hydrogen-bond acceptors (Lipinski definition) is 2. The molecule has 1 aromatic carbocycles. The van der Waals surface area contributed by atoms with Crippen LogP contribution in [0, 0.1) is 0 Å². The van der Waals surface area contributed by atoms with Crippen molar-refractivity contribution in [2.45, 2.75) is 44.6 Å². The van der Waals surface area contributed by atoms with Crippen LogP contribution in [-0.4, -0.2) is 17.8 Å². The lowest BCUT2D eigenvalue weighted by Crippen LogP contribution is -2.30. The van der Waals surface area contributed by atoms with Gasteiger partial charge in [0.15, 0.2) is 0 Å². The van der Waals surface area contributed by atoms with E-state index in [0.29, 0.717) is 6.42 Å². The molecular formula is C16H22O2. The van der Waals surface area contributed by atoms with Crippen LogP contribution in [0.5, 0.6) is 5.75 Å². The number of benzene rings is 1. The predicted octanol–water partition coefficient (Wildman–Crippen LogP) is 3.49. The summed E-state index contributed by atoms with van der Waals surface area (Å²) in [5.74, 6) is 0.857. The first-order valence-electron chi connectivity index (χ1n) is 6.66. The topological polar surface area (TPSA) is 29.5 Å². The van der Waals surface area contributed by atoms with Crippen molar-refractivity contribution in [1.82, 2.24) is 0 Å². The minimum Gasteiger partial charge on any atom is -0.497 e. The Bertz CT molecular complexity index is 415. The first kappa shape index (κ1) is 13.2. The van der Waals surface area contributed by atoms with Crippen molar-refractivity contribution in [1.29, 1.82) is 0 Å². The summed E-state index contributed by atoms with van der Waals surface area (Å²) < 4.78 is 5.14. The zero-order valence-corrected chi connectivity index (χ0v) is 11.3. The fourth-order valence-electron chi connectivity index (χ4n) is 2.58. The summed E-state index contributed by atoms with van der Waals surface area (Å²) in [4.78, 5) is 0. The van der Waals surface area contributed by atoms with Crippen molar-refractivity contribution in [3.05, 3.63) is 41.5 Å². The largest absolute Gasteiger partial charge is 0.497 e. The lowest BCUT2D eigenvalue weighted by Gasteiger charge is -2.29. The summed E-state index contributed by atoms with van der Waals surface area (Å²) in [7, 11) is 1.66. The molecule has 2 heteroatoms. The van der Waals surface area contributed by atoms with Crippen LogP contribution in [0.15, 0.2) is 35.9 Å². The first-order chi connectivity index (χ1) is 8.62. The fraction of sp³-hybridized carbons (Fsp3) is 0.500. The maximum Gasteiger partial charge on any atom is 0.118 e. The molecule has 1 atom stereocenters. The molecule has 0 radical (unpaired) electrons. The summed E-state index contributed by atoms with van der Waals surface area (Å²) in [6.45, 7) is 1.92. The van der Waals surface area contributed by atoms with E-state index in [9.17, 15) is 5.11 Å². The molecular weight excluding hydrogens is 224 g/mol. The van der Waals surface area contributed by atoms with E-state index in [-0.39, 0.29) is 0 Å². The van der Waals surface area contributed by atoms with Gasteiger partial charge in [0.1, 0.15) is 5.75 Å². The molecule has 18 heavy (non-hydrogen) atoms. The third kappa shape index (κ3) is 3.14. The van der Waals surface area contributed by atoms with Gasteiger partial charge in [-0.05, 0) is 55.9 Å². The Morgan fingerprint density at radius 3 is 2.50 bits per heavy atom. The normalized spacial score (nSPS) is 18.9. The van der Waals surface area contributed by atoms with E-state index in [2.05, 4.69) is 6.08 Å². The van der Waals surface area contributed by atoms with Crippen LogP contribution in [-0.2, 0) is 6.42 Å². The van der Waals surface area contributed by atoms with Gasteiger partial charge in [-0.15, -0.1) is 0 Å². The highest BCUT2D eigenvalue weighted by Gasteiger charge is 2.26. The Morgan fingerprint density at radius 2 is 1.94 bits per heavy atom. The van der Waals surface area contributed by atoms with Gasteiger partial charge in [-0.2, -0.15) is 0 Å². The molecule has 1 unspecified atom stereocenters. The molecule has 0 saturated heterocycles. The first-order valence-corrected chi connectivity index (χ1v) is 6.66. The Morgan fingerprint density at radius 1 is 1.22 bits per heavy atom. The Hall–Kier alpha value is -1.28. The predicted molar refractivity (Wildman–Crippen MR) is 73.9 cm³/mol. The SMILES string of the molecule is COc1ccc(CC(C)(O)C2=CCCCC2)cc1. The smallest absolute Gasteiger partial charge is 0.118 e. The van der Waals surface area contributed by atoms with Crippen molar-refractivity contribution in [2.24, 2.45) is 0 Å². The number of allylic oxidation sites excluding steroid dienone is 1. The van der Waals surface area contributed by atoms with Crippen LogP contribution >= 0.6 is 0 Å². The van der Waals surface area contributed by atoms with Crippen LogP contribution in [0.3, 0.4) is 0 Å². The summed E-state index contributed by atoms with van der Waals surface area (Å²) >= 11 is 0. The van der Waals surface area contributed by atoms with Crippen LogP contribution in [0.25, 0.3) is 0 Å². The third-order valence-electron chi connectivity index (χ3n) is 3.69. The molecule has 1 aliphatic rings. The summed E-state index contributed by atoms with van der Waals surface area (Å²) in [6, 6.07) is 7.94. The van der Waals surface area contributed by atoms with Crippen LogP contribution < -0.4 is 4.74 Å². The monoisotopic (exact) mass is 246 g/mol. The standard InChI is InChI=1S/C16H22O2/c1-16(17,14-6-4-3-5-7-14)12-13-8-10-15(18-2)11-9-13/h6,8-11,17H,3-5,7,12H2,1-2H3. The lowest BCUT2D eigenvalue weighted by atomic mass is 9.83. The molecule has 0 spiro atoms. The maximum absolute atomic E-state index is 10.6. The molecule has 1 aliphatic carbocycles. The lowest BCUT2D eigenvalue weighted by molar-refractivity contribution is 0.0933. The van der Waals surface area contributed by atoms with Crippen LogP contribution in [0.1, 0.15) is 38.2 Å². The fourth-order valence-corrected chi connectivity index (χ4v) is 2.58. The molecule has 0 saturated carbocycles. The Balaban J connectivity index is 2.08. The van der Waals surface area contributed by atoms with E-state index in [1.165, 1.54) is 18.4 Å². The van der Waals surface area contributed by atoms with Gasteiger partial charge in [0.2, 0.25) is 0 Å². The number of ether oxygens (including phenoxy) is 1. The average Bonchev–Trinajstić information content (AvgIpc) is 2.40. The van der Waals surface area contributed by atoms with Gasteiger partial charge in [0.05, 0.1) is 12.7 Å². The molecule has 0 aliphatic heterocycles. The maximum atomic E-state index is 10.6. The molecule has 0 bridgehead atoms. The van der Waals surface area contributed by atoms with Gasteiger partial charge < -0.3 is 9.84 Å². The average molecular weight is 246 g/mol. The number of aliphatic hydroxyl groups is 1. The highest BCUT2D eigenvalue weighted by atomic mass is 16.5. The van der Waals surface area contributed by atoms with E-state index >= 15 is 0 Å². The second-order valence-corrected chi connectivity index (χ2v) is 5.27. The summed E-state index contributed by atoms with van der Waals surface area (Å²) in [6.07, 6.45) is 7.47. The van der Waals surface area contributed by atoms with E-state index in [0.717, 1.165) is 24.2 Å². The third-order valence-corrected chi connectivity index (χ3v) is 3.69. The molecule has 0 aromatic heterocycles. The van der Waals surface area contributed by atoms with E-state index in [4.69, 9.17) is 4.74 Å². The molecule has 0 heterocycles. The number of rotatable bonds is 4. The van der Waals surface area contributed by atoms with Crippen LogP contribution in [0.4, 0.5) is 0 Å². The Labute approximate surface area is 109 Å². The minimum atomic E-state index is -0.713. The highest BCUT2D eigenvalue weighted by molar-refractivity contribution is 5.30. The van der Waals surface area contributed by atoms with Crippen molar-refractivity contribution in [2.75, 3.05) is 7.11 Å². The van der Waals surface area contributed by atoms with Gasteiger partial charge >= 0.3 is 0 Å². The van der Waals surface area contributed by atoms with Crippen LogP contribution in [0.2, 0.25) is 0 Å². The zero-order chi connectivity index (χ0) is 13.0. The molecule has 1 N–H and O–H groups in total. The minimum absolute atomic E-state index is 0.669. The van der Waals surface area contributed by atoms with E-state index < -0.39 is 5.60 Å². The van der Waals surface area contributed by atoms with Crippen molar-refractivity contribution in [3.8, 4) is 5.75 Å². The molecule has 0 fully saturated rings.